The van der Waals surface area contributed by atoms with Crippen molar-refractivity contribution in [2.45, 2.75) is 39.2 Å². The molecule has 2 aromatic heterocycles. The molecule has 8 heteroatoms. The quantitative estimate of drug-likeness (QED) is 0.204. The van der Waals surface area contributed by atoms with E-state index in [-0.39, 0.29) is 17.2 Å². The van der Waals surface area contributed by atoms with Gasteiger partial charge in [-0.15, -0.1) is 6.42 Å². The first-order chi connectivity index (χ1) is 18.1. The maximum absolute atomic E-state index is 14.0. The number of halogens is 1. The first kappa shape index (κ1) is 24.3. The molecule has 0 spiro atoms. The lowest BCUT2D eigenvalue weighted by molar-refractivity contribution is 0.440. The Morgan fingerprint density at radius 1 is 1.13 bits per heavy atom. The lowest BCUT2D eigenvalue weighted by Gasteiger charge is -2.18. The molecular weight excluding hydrogens is 503 g/mol. The maximum atomic E-state index is 14.0. The predicted molar refractivity (Wildman–Crippen MR) is 148 cm³/mol. The number of fused-ring (bicyclic) bond motifs is 4. The summed E-state index contributed by atoms with van der Waals surface area (Å²) in [6, 6.07) is 16.2. The third-order valence-electron chi connectivity index (χ3n) is 7.02. The average Bonchev–Trinajstić information content (AvgIpc) is 3.62. The van der Waals surface area contributed by atoms with E-state index < -0.39 is 10.5 Å². The summed E-state index contributed by atoms with van der Waals surface area (Å²) in [6.45, 7) is 4.19. The summed E-state index contributed by atoms with van der Waals surface area (Å²) in [5, 5.41) is 2.12. The van der Waals surface area contributed by atoms with Crippen LogP contribution in [0, 0.1) is 18.3 Å². The number of nitrogens with zero attached hydrogens (tertiary/aromatic N) is 1. The normalized spacial score (nSPS) is 14.0. The van der Waals surface area contributed by atoms with Crippen LogP contribution in [0.25, 0.3) is 44.0 Å². The first-order valence-electron chi connectivity index (χ1n) is 12.5. The lowest BCUT2D eigenvalue weighted by Crippen LogP contribution is -2.12. The zero-order valence-corrected chi connectivity index (χ0v) is 21.7. The Hall–Kier alpha value is -4.09. The molecule has 1 aliphatic rings. The van der Waals surface area contributed by atoms with Gasteiger partial charge < -0.3 is 13.7 Å². The van der Waals surface area contributed by atoms with Gasteiger partial charge in [-0.1, -0.05) is 41.9 Å². The van der Waals surface area contributed by atoms with Crippen LogP contribution in [0.15, 0.2) is 59.4 Å². The van der Waals surface area contributed by atoms with Crippen molar-refractivity contribution in [3.63, 3.8) is 0 Å². The summed E-state index contributed by atoms with van der Waals surface area (Å²) < 4.78 is 42.1. The zero-order valence-electron chi connectivity index (χ0n) is 20.9. The van der Waals surface area contributed by atoms with E-state index in [0.29, 0.717) is 28.7 Å². The van der Waals surface area contributed by atoms with Crippen molar-refractivity contribution in [2.24, 2.45) is 5.92 Å². The summed E-state index contributed by atoms with van der Waals surface area (Å²) >= 11 is 0. The molecule has 1 fully saturated rings. The van der Waals surface area contributed by atoms with Crippen molar-refractivity contribution in [3.05, 3.63) is 75.9 Å². The van der Waals surface area contributed by atoms with Crippen molar-refractivity contribution in [3.8, 4) is 29.2 Å². The van der Waals surface area contributed by atoms with Crippen LogP contribution in [0.4, 0.5) is 3.89 Å². The van der Waals surface area contributed by atoms with Crippen LogP contribution in [0.2, 0.25) is 0 Å². The highest BCUT2D eigenvalue weighted by Gasteiger charge is 2.29. The Balaban J connectivity index is 1.69. The minimum Gasteiger partial charge on any atom is -0.358 e. The van der Waals surface area contributed by atoms with E-state index in [9.17, 15) is 17.1 Å². The van der Waals surface area contributed by atoms with Crippen LogP contribution < -0.4 is 9.61 Å². The molecule has 38 heavy (non-hydrogen) atoms. The van der Waals surface area contributed by atoms with E-state index in [2.05, 4.69) is 33.5 Å². The predicted octanol–water partition coefficient (Wildman–Crippen LogP) is 6.41. The Morgan fingerprint density at radius 3 is 2.61 bits per heavy atom. The average molecular weight is 529 g/mol. The van der Waals surface area contributed by atoms with Crippen molar-refractivity contribution in [1.29, 1.82) is 0 Å². The molecule has 1 N–H and O–H groups in total. The van der Waals surface area contributed by atoms with Crippen LogP contribution >= 0.6 is 0 Å². The fourth-order valence-corrected chi connectivity index (χ4v) is 5.71. The van der Waals surface area contributed by atoms with Gasteiger partial charge in [0.05, 0.1) is 10.9 Å². The Bertz CT molecular complexity index is 1980. The minimum absolute atomic E-state index is 0.0521. The smallest absolute Gasteiger partial charge is 0.358 e. The molecule has 1 aliphatic carbocycles. The number of nitrogens with one attached hydrogen (secondary N) is 1. The summed E-state index contributed by atoms with van der Waals surface area (Å²) in [6.07, 6.45) is 8.30. The molecule has 0 unspecified atom stereocenters. The van der Waals surface area contributed by atoms with Gasteiger partial charge in [0.15, 0.2) is 5.43 Å². The highest BCUT2D eigenvalue weighted by Crippen LogP contribution is 2.42. The number of benzene rings is 3. The number of terminal acetylenes is 1. The van der Waals surface area contributed by atoms with Gasteiger partial charge in [0, 0.05) is 27.9 Å². The first-order valence-corrected chi connectivity index (χ1v) is 13.8. The van der Waals surface area contributed by atoms with E-state index >= 15 is 0 Å². The fraction of sp³-hybridized carbons (Fsp3) is 0.233. The molecule has 0 radical (unpaired) electrons. The van der Waals surface area contributed by atoms with Crippen molar-refractivity contribution < 1.29 is 16.5 Å². The van der Waals surface area contributed by atoms with E-state index in [1.54, 1.807) is 6.07 Å². The molecule has 3 aromatic carbocycles. The molecule has 192 valence electrons. The van der Waals surface area contributed by atoms with Crippen molar-refractivity contribution in [2.75, 3.05) is 0 Å². The van der Waals surface area contributed by atoms with Crippen LogP contribution in [0.1, 0.15) is 43.9 Å². The second-order valence-corrected chi connectivity index (χ2v) is 11.3. The molecule has 0 amide bonds. The van der Waals surface area contributed by atoms with Gasteiger partial charge in [-0.2, -0.15) is 8.42 Å². The number of hydrogen-bond acceptors (Lipinski definition) is 4. The second-order valence-electron chi connectivity index (χ2n) is 10.3. The summed E-state index contributed by atoms with van der Waals surface area (Å²) in [5.41, 5.74) is 5.51. The third kappa shape index (κ3) is 4.23. The number of aromatic nitrogens is 2. The molecule has 2 heterocycles. The van der Waals surface area contributed by atoms with Gasteiger partial charge in [-0.3, -0.25) is 4.79 Å². The lowest BCUT2D eigenvalue weighted by atomic mass is 9.91. The highest BCUT2D eigenvalue weighted by molar-refractivity contribution is 7.81. The topological polar surface area (TPSA) is 81.2 Å². The van der Waals surface area contributed by atoms with E-state index in [1.807, 2.05) is 36.4 Å². The van der Waals surface area contributed by atoms with Gasteiger partial charge in [0.25, 0.3) is 0 Å². The molecule has 6 rings (SSSR count). The zero-order chi connectivity index (χ0) is 26.8. The van der Waals surface area contributed by atoms with Crippen LogP contribution in [-0.4, -0.2) is 18.0 Å². The van der Waals surface area contributed by atoms with Crippen LogP contribution in [0.5, 0.6) is 5.75 Å². The molecule has 6 nitrogen and oxygen atoms in total. The van der Waals surface area contributed by atoms with Gasteiger partial charge in [0.1, 0.15) is 11.4 Å². The van der Waals surface area contributed by atoms with E-state index in [4.69, 9.17) is 6.42 Å². The molecule has 0 saturated heterocycles. The SMILES string of the molecule is C#Cc1ccc2c(c1)[nH]c1c2c(=O)c2cc(CC(C)C)c(-c3cccc(OS(=O)(=O)F)c3)cc2n1C1CC1. The number of aromatic amines is 1. The molecule has 0 aliphatic heterocycles. The second kappa shape index (κ2) is 8.74. The summed E-state index contributed by atoms with van der Waals surface area (Å²) in [5.74, 6) is 2.83. The molecular formula is C30H25FN2O4S. The monoisotopic (exact) mass is 528 g/mol. The molecule has 0 bridgehead atoms. The Kier molecular flexibility index (Phi) is 5.58. The molecule has 0 atom stereocenters. The molecule has 5 aromatic rings. The van der Waals surface area contributed by atoms with Gasteiger partial charge >= 0.3 is 10.5 Å². The maximum Gasteiger partial charge on any atom is 0.488 e. The Morgan fingerprint density at radius 2 is 1.92 bits per heavy atom. The van der Waals surface area contributed by atoms with E-state index in [0.717, 1.165) is 51.6 Å². The minimum atomic E-state index is -5.16. The van der Waals surface area contributed by atoms with Crippen LogP contribution in [-0.2, 0) is 16.9 Å². The van der Waals surface area contributed by atoms with Gasteiger partial charge in [-0.05, 0) is 78.3 Å². The van der Waals surface area contributed by atoms with Gasteiger partial charge in [0.2, 0.25) is 0 Å². The van der Waals surface area contributed by atoms with Crippen molar-refractivity contribution >= 4 is 43.3 Å². The van der Waals surface area contributed by atoms with Crippen molar-refractivity contribution in [1.82, 2.24) is 9.55 Å². The summed E-state index contributed by atoms with van der Waals surface area (Å²) in [4.78, 5) is 17.5. The van der Waals surface area contributed by atoms with Gasteiger partial charge in [-0.25, -0.2) is 0 Å². The number of hydrogen-bond donors (Lipinski definition) is 1. The fourth-order valence-electron chi connectivity index (χ4n) is 5.37. The standard InChI is InChI=1S/C30H25FN2O4S/c1-4-18-8-11-23-26(13-18)32-30-28(23)29(34)25-15-20(12-17(2)3)24(16-27(25)33(30)21-9-10-21)19-6-5-7-22(14-19)37-38(31,35)36/h1,5-8,11,13-17,21,32H,9-10,12H2,2-3H3. The van der Waals surface area contributed by atoms with E-state index in [1.165, 1.54) is 12.1 Å². The molecule has 1 saturated carbocycles. The number of pyridine rings is 1. The largest absolute Gasteiger partial charge is 0.488 e. The van der Waals surface area contributed by atoms with Crippen LogP contribution in [0.3, 0.4) is 0 Å². The third-order valence-corrected chi connectivity index (χ3v) is 7.41. The number of H-pyrrole nitrogens is 1. The Labute approximate surface area is 219 Å². The summed E-state index contributed by atoms with van der Waals surface area (Å²) in [7, 11) is -5.16. The highest BCUT2D eigenvalue weighted by atomic mass is 32.3. The number of rotatable bonds is 6.